The van der Waals surface area contributed by atoms with Gasteiger partial charge < -0.3 is 16.0 Å². The van der Waals surface area contributed by atoms with Crippen molar-refractivity contribution in [1.29, 1.82) is 0 Å². The van der Waals surface area contributed by atoms with Crippen LogP contribution in [0.3, 0.4) is 0 Å². The standard InChI is InChI=1S/C23H33N5O4S/c1-5-6-10-27-21(24)20(22(31)26-23(27)32)28(12-15(2)3)19(30)14-33-13-18(29)25-17-9-7-8-16(4)11-17/h7-9,11,15H,5-6,10,12-14,24H2,1-4H3,(H,25,29)(H,26,31,32). The van der Waals surface area contributed by atoms with Gasteiger partial charge in [-0.2, -0.15) is 0 Å². The second kappa shape index (κ2) is 12.3. The van der Waals surface area contributed by atoms with Gasteiger partial charge in [0.1, 0.15) is 5.82 Å². The van der Waals surface area contributed by atoms with Gasteiger partial charge in [-0.05, 0) is 37.0 Å². The van der Waals surface area contributed by atoms with E-state index in [-0.39, 0.29) is 47.3 Å². The lowest BCUT2D eigenvalue weighted by Gasteiger charge is -2.26. The number of carbonyl (C=O) groups excluding carboxylic acids is 2. The molecule has 10 heteroatoms. The van der Waals surface area contributed by atoms with E-state index >= 15 is 0 Å². The van der Waals surface area contributed by atoms with Gasteiger partial charge in [0, 0.05) is 18.8 Å². The van der Waals surface area contributed by atoms with Gasteiger partial charge >= 0.3 is 5.69 Å². The van der Waals surface area contributed by atoms with Crippen molar-refractivity contribution in [3.8, 4) is 0 Å². The largest absolute Gasteiger partial charge is 0.383 e. The van der Waals surface area contributed by atoms with E-state index in [1.54, 1.807) is 6.07 Å². The molecule has 0 unspecified atom stereocenters. The zero-order valence-corrected chi connectivity index (χ0v) is 20.5. The lowest BCUT2D eigenvalue weighted by atomic mass is 10.2. The third kappa shape index (κ3) is 7.52. The number of amides is 2. The van der Waals surface area contributed by atoms with Crippen molar-refractivity contribution < 1.29 is 9.59 Å². The van der Waals surface area contributed by atoms with Crippen molar-refractivity contribution in [1.82, 2.24) is 9.55 Å². The number of unbranched alkanes of at least 4 members (excludes halogenated alkanes) is 1. The highest BCUT2D eigenvalue weighted by Crippen LogP contribution is 2.20. The molecule has 4 N–H and O–H groups in total. The lowest BCUT2D eigenvalue weighted by Crippen LogP contribution is -2.43. The molecule has 0 bridgehead atoms. The first-order valence-corrected chi connectivity index (χ1v) is 12.2. The van der Waals surface area contributed by atoms with Crippen LogP contribution < -0.4 is 27.2 Å². The molecular formula is C23H33N5O4S. The molecule has 1 heterocycles. The zero-order valence-electron chi connectivity index (χ0n) is 19.6. The highest BCUT2D eigenvalue weighted by molar-refractivity contribution is 8.00. The van der Waals surface area contributed by atoms with Gasteiger partial charge in [0.25, 0.3) is 5.56 Å². The molecule has 0 fully saturated rings. The zero-order chi connectivity index (χ0) is 24.5. The Kier molecular flexibility index (Phi) is 9.77. The maximum Gasteiger partial charge on any atom is 0.330 e. The molecule has 9 nitrogen and oxygen atoms in total. The number of thioether (sulfide) groups is 1. The summed E-state index contributed by atoms with van der Waals surface area (Å²) in [7, 11) is 0. The van der Waals surface area contributed by atoms with Crippen LogP contribution in [-0.4, -0.2) is 39.4 Å². The number of hydrogen-bond donors (Lipinski definition) is 3. The average molecular weight is 476 g/mol. The number of nitrogens with zero attached hydrogens (tertiary/aromatic N) is 2. The van der Waals surface area contributed by atoms with E-state index in [1.807, 2.05) is 45.9 Å². The van der Waals surface area contributed by atoms with Crippen molar-refractivity contribution >= 4 is 40.8 Å². The van der Waals surface area contributed by atoms with Crippen molar-refractivity contribution in [3.63, 3.8) is 0 Å². The fourth-order valence-corrected chi connectivity index (χ4v) is 3.98. The molecule has 33 heavy (non-hydrogen) atoms. The Labute approximate surface area is 197 Å². The van der Waals surface area contributed by atoms with E-state index in [4.69, 9.17) is 5.73 Å². The molecule has 0 saturated heterocycles. The van der Waals surface area contributed by atoms with E-state index in [9.17, 15) is 19.2 Å². The molecule has 0 atom stereocenters. The maximum absolute atomic E-state index is 13.1. The Balaban J connectivity index is 2.15. The van der Waals surface area contributed by atoms with Crippen LogP contribution in [0.15, 0.2) is 33.9 Å². The number of aromatic amines is 1. The third-order valence-electron chi connectivity index (χ3n) is 4.83. The predicted molar refractivity (Wildman–Crippen MR) is 135 cm³/mol. The van der Waals surface area contributed by atoms with Gasteiger partial charge in [-0.3, -0.25) is 23.9 Å². The van der Waals surface area contributed by atoms with Gasteiger partial charge in [0.15, 0.2) is 5.69 Å². The number of hydrogen-bond acceptors (Lipinski definition) is 6. The van der Waals surface area contributed by atoms with E-state index in [2.05, 4.69) is 10.3 Å². The number of anilines is 3. The quantitative estimate of drug-likeness (QED) is 0.458. The van der Waals surface area contributed by atoms with E-state index in [0.29, 0.717) is 18.7 Å². The number of aryl methyl sites for hydroxylation is 1. The van der Waals surface area contributed by atoms with Crippen LogP contribution in [0.2, 0.25) is 0 Å². The molecule has 0 aliphatic heterocycles. The van der Waals surface area contributed by atoms with E-state index in [1.165, 1.54) is 9.47 Å². The molecule has 180 valence electrons. The fourth-order valence-electron chi connectivity index (χ4n) is 3.29. The Morgan fingerprint density at radius 1 is 1.24 bits per heavy atom. The second-order valence-corrected chi connectivity index (χ2v) is 9.29. The third-order valence-corrected chi connectivity index (χ3v) is 5.75. The minimum Gasteiger partial charge on any atom is -0.383 e. The van der Waals surface area contributed by atoms with Crippen LogP contribution in [0, 0.1) is 12.8 Å². The molecule has 0 aliphatic rings. The van der Waals surface area contributed by atoms with Gasteiger partial charge in [-0.1, -0.05) is 39.3 Å². The van der Waals surface area contributed by atoms with Crippen molar-refractivity contribution in [2.24, 2.45) is 5.92 Å². The second-order valence-electron chi connectivity index (χ2n) is 8.31. The summed E-state index contributed by atoms with van der Waals surface area (Å²) in [5, 5.41) is 2.80. The molecule has 0 aliphatic carbocycles. The minimum absolute atomic E-state index is 0.0130. The van der Waals surface area contributed by atoms with E-state index < -0.39 is 11.2 Å². The van der Waals surface area contributed by atoms with Gasteiger partial charge in [-0.15, -0.1) is 11.8 Å². The number of nitrogen functional groups attached to an aromatic ring is 1. The summed E-state index contributed by atoms with van der Waals surface area (Å²) >= 11 is 1.15. The predicted octanol–water partition coefficient (Wildman–Crippen LogP) is 2.59. The molecule has 1 aromatic carbocycles. The fraction of sp³-hybridized carbons (Fsp3) is 0.478. The monoisotopic (exact) mass is 475 g/mol. The highest BCUT2D eigenvalue weighted by atomic mass is 32.2. The molecule has 2 amide bonds. The molecule has 0 radical (unpaired) electrons. The number of nitrogens with one attached hydrogen (secondary N) is 2. The first kappa shape index (κ1) is 26.2. The summed E-state index contributed by atoms with van der Waals surface area (Å²) in [5.41, 5.74) is 6.62. The lowest BCUT2D eigenvalue weighted by molar-refractivity contribution is -0.116. The molecular weight excluding hydrogens is 442 g/mol. The molecule has 2 aromatic rings. The average Bonchev–Trinajstić information content (AvgIpc) is 2.72. The SMILES string of the molecule is CCCCn1c(N)c(N(CC(C)C)C(=O)CSCC(=O)Nc2cccc(C)c2)c(=O)[nH]c1=O. The number of nitrogens with two attached hydrogens (primary N) is 1. The van der Waals surface area contributed by atoms with Crippen molar-refractivity contribution in [2.75, 3.05) is 34.0 Å². The van der Waals surface area contributed by atoms with Gasteiger partial charge in [0.05, 0.1) is 11.5 Å². The smallest absolute Gasteiger partial charge is 0.330 e. The molecule has 2 rings (SSSR count). The van der Waals surface area contributed by atoms with Crippen molar-refractivity contribution in [2.45, 2.75) is 47.1 Å². The summed E-state index contributed by atoms with van der Waals surface area (Å²) in [5.74, 6) is -0.473. The summed E-state index contributed by atoms with van der Waals surface area (Å²) in [6, 6.07) is 7.45. The number of benzene rings is 1. The number of carbonyl (C=O) groups is 2. The van der Waals surface area contributed by atoms with Crippen LogP contribution in [0.4, 0.5) is 17.2 Å². The Bertz CT molecular complexity index is 1090. The summed E-state index contributed by atoms with van der Waals surface area (Å²) < 4.78 is 1.29. The van der Waals surface area contributed by atoms with Crippen molar-refractivity contribution in [3.05, 3.63) is 50.7 Å². The Morgan fingerprint density at radius 3 is 2.61 bits per heavy atom. The van der Waals surface area contributed by atoms with Gasteiger partial charge in [-0.25, -0.2) is 4.79 Å². The first-order chi connectivity index (χ1) is 15.6. The van der Waals surface area contributed by atoms with Crippen LogP contribution in [0.5, 0.6) is 0 Å². The minimum atomic E-state index is -0.693. The topological polar surface area (TPSA) is 130 Å². The maximum atomic E-state index is 13.1. The van der Waals surface area contributed by atoms with Gasteiger partial charge in [0.2, 0.25) is 11.8 Å². The van der Waals surface area contributed by atoms with Crippen LogP contribution in [0.1, 0.15) is 39.2 Å². The normalized spacial score (nSPS) is 10.9. The molecule has 0 spiro atoms. The summed E-state index contributed by atoms with van der Waals surface area (Å²) in [4.78, 5) is 53.7. The Morgan fingerprint density at radius 2 is 1.97 bits per heavy atom. The number of H-pyrrole nitrogens is 1. The molecule has 1 aromatic heterocycles. The number of rotatable bonds is 11. The summed E-state index contributed by atoms with van der Waals surface area (Å²) in [6.45, 7) is 8.36. The highest BCUT2D eigenvalue weighted by Gasteiger charge is 2.25. The first-order valence-electron chi connectivity index (χ1n) is 11.0. The van der Waals surface area contributed by atoms with Crippen LogP contribution in [0.25, 0.3) is 0 Å². The van der Waals surface area contributed by atoms with E-state index in [0.717, 1.165) is 23.7 Å². The van der Waals surface area contributed by atoms with Crippen LogP contribution in [-0.2, 0) is 16.1 Å². The van der Waals surface area contributed by atoms with Crippen LogP contribution >= 0.6 is 11.8 Å². The number of aromatic nitrogens is 2. The molecule has 0 saturated carbocycles. The summed E-state index contributed by atoms with van der Waals surface area (Å²) in [6.07, 6.45) is 1.55. The Hall–Kier alpha value is -3.01.